The van der Waals surface area contributed by atoms with Crippen LogP contribution in [0.3, 0.4) is 0 Å². The molecule has 1 aromatic carbocycles. The van der Waals surface area contributed by atoms with Crippen molar-refractivity contribution in [1.29, 1.82) is 0 Å². The zero-order valence-corrected chi connectivity index (χ0v) is 16.2. The molecular formula is C19H26N2O4S. The van der Waals surface area contributed by atoms with Crippen LogP contribution in [-0.4, -0.2) is 63.4 Å². The molecule has 2 heterocycles. The maximum atomic E-state index is 12.9. The molecule has 1 fully saturated rings. The van der Waals surface area contributed by atoms with Gasteiger partial charge in [-0.25, -0.2) is 8.42 Å². The Kier molecular flexibility index (Phi) is 5.79. The van der Waals surface area contributed by atoms with Gasteiger partial charge in [0, 0.05) is 44.8 Å². The van der Waals surface area contributed by atoms with Crippen LogP contribution in [0, 0.1) is 5.92 Å². The second kappa shape index (κ2) is 7.90. The van der Waals surface area contributed by atoms with Gasteiger partial charge in [-0.2, -0.15) is 4.31 Å². The van der Waals surface area contributed by atoms with Crippen molar-refractivity contribution >= 4 is 15.9 Å². The molecule has 2 aliphatic heterocycles. The number of amides is 1. The highest BCUT2D eigenvalue weighted by atomic mass is 32.2. The molecule has 6 nitrogen and oxygen atoms in total. The van der Waals surface area contributed by atoms with Gasteiger partial charge in [0.25, 0.3) is 5.91 Å². The highest BCUT2D eigenvalue weighted by Crippen LogP contribution is 2.23. The van der Waals surface area contributed by atoms with Gasteiger partial charge in [-0.3, -0.25) is 4.79 Å². The number of ether oxygens (including phenoxy) is 1. The quantitative estimate of drug-likeness (QED) is 0.736. The maximum Gasteiger partial charge on any atom is 0.253 e. The molecule has 0 bridgehead atoms. The SMILES string of the molecule is COC[C@@H]1CCN(C(=O)c2cccc(S(=O)(=O)N3CC=C(C)CC3)c2)C1. The second-order valence-electron chi connectivity index (χ2n) is 7.05. The molecule has 2 aliphatic rings. The molecule has 0 aromatic heterocycles. The minimum Gasteiger partial charge on any atom is -0.384 e. The molecule has 0 spiro atoms. The van der Waals surface area contributed by atoms with Gasteiger partial charge >= 0.3 is 0 Å². The summed E-state index contributed by atoms with van der Waals surface area (Å²) in [5, 5.41) is 0. The van der Waals surface area contributed by atoms with Crippen molar-refractivity contribution in [2.75, 3.05) is 39.9 Å². The number of carbonyl (C=O) groups is 1. The minimum atomic E-state index is -3.59. The molecule has 1 amide bonds. The van der Waals surface area contributed by atoms with E-state index in [-0.39, 0.29) is 10.8 Å². The van der Waals surface area contributed by atoms with Crippen molar-refractivity contribution in [1.82, 2.24) is 9.21 Å². The van der Waals surface area contributed by atoms with Crippen molar-refractivity contribution < 1.29 is 17.9 Å². The van der Waals surface area contributed by atoms with Gasteiger partial charge in [0.1, 0.15) is 0 Å². The van der Waals surface area contributed by atoms with Gasteiger partial charge < -0.3 is 9.64 Å². The largest absolute Gasteiger partial charge is 0.384 e. The highest BCUT2D eigenvalue weighted by molar-refractivity contribution is 7.89. The van der Waals surface area contributed by atoms with E-state index in [1.165, 1.54) is 15.9 Å². The fourth-order valence-corrected chi connectivity index (χ4v) is 4.91. The van der Waals surface area contributed by atoms with Gasteiger partial charge in [-0.1, -0.05) is 17.7 Å². The first kappa shape index (κ1) is 19.1. The summed E-state index contributed by atoms with van der Waals surface area (Å²) in [7, 11) is -1.92. The third kappa shape index (κ3) is 4.00. The van der Waals surface area contributed by atoms with Gasteiger partial charge in [0.15, 0.2) is 0 Å². The van der Waals surface area contributed by atoms with Crippen LogP contribution in [0.25, 0.3) is 0 Å². The Morgan fingerprint density at radius 1 is 1.31 bits per heavy atom. The van der Waals surface area contributed by atoms with E-state index in [2.05, 4.69) is 0 Å². The van der Waals surface area contributed by atoms with Crippen LogP contribution in [0.2, 0.25) is 0 Å². The van der Waals surface area contributed by atoms with Crippen LogP contribution in [0.1, 0.15) is 30.1 Å². The molecule has 1 aromatic rings. The van der Waals surface area contributed by atoms with Gasteiger partial charge in [-0.05, 0) is 38.0 Å². The average Bonchev–Trinajstić information content (AvgIpc) is 3.10. The molecule has 1 atom stereocenters. The smallest absolute Gasteiger partial charge is 0.253 e. The highest BCUT2D eigenvalue weighted by Gasteiger charge is 2.29. The Balaban J connectivity index is 1.77. The zero-order chi connectivity index (χ0) is 18.7. The number of benzene rings is 1. The lowest BCUT2D eigenvalue weighted by molar-refractivity contribution is 0.0775. The maximum absolute atomic E-state index is 12.9. The molecular weight excluding hydrogens is 352 g/mol. The van der Waals surface area contributed by atoms with E-state index < -0.39 is 10.0 Å². The summed E-state index contributed by atoms with van der Waals surface area (Å²) < 4.78 is 32.4. The first-order valence-electron chi connectivity index (χ1n) is 8.96. The normalized spacial score (nSPS) is 21.7. The molecule has 3 rings (SSSR count). The van der Waals surface area contributed by atoms with Gasteiger partial charge in [0.2, 0.25) is 10.0 Å². The van der Waals surface area contributed by atoms with Gasteiger partial charge in [0.05, 0.1) is 11.5 Å². The van der Waals surface area contributed by atoms with Crippen LogP contribution < -0.4 is 0 Å². The topological polar surface area (TPSA) is 66.9 Å². The standard InChI is InChI=1S/C19H26N2O4S/c1-15-6-10-21(11-7-15)26(23,24)18-5-3-4-17(12-18)19(22)20-9-8-16(13-20)14-25-2/h3-6,12,16H,7-11,13-14H2,1-2H3/t16-/m1/s1. The molecule has 1 saturated heterocycles. The molecule has 7 heteroatoms. The lowest BCUT2D eigenvalue weighted by Crippen LogP contribution is -2.35. The summed E-state index contributed by atoms with van der Waals surface area (Å²) in [5.41, 5.74) is 1.63. The van der Waals surface area contributed by atoms with Crippen LogP contribution >= 0.6 is 0 Å². The molecule has 142 valence electrons. The van der Waals surface area contributed by atoms with Crippen LogP contribution in [0.15, 0.2) is 40.8 Å². The number of rotatable bonds is 5. The summed E-state index contributed by atoms with van der Waals surface area (Å²) in [6, 6.07) is 6.40. The number of likely N-dealkylation sites (tertiary alicyclic amines) is 1. The van der Waals surface area contributed by atoms with Crippen LogP contribution in [-0.2, 0) is 14.8 Å². The Morgan fingerprint density at radius 2 is 2.12 bits per heavy atom. The summed E-state index contributed by atoms with van der Waals surface area (Å²) in [6.45, 7) is 4.85. The lowest BCUT2D eigenvalue weighted by atomic mass is 10.1. The van der Waals surface area contributed by atoms with Crippen molar-refractivity contribution in [2.45, 2.75) is 24.7 Å². The first-order valence-corrected chi connectivity index (χ1v) is 10.4. The Morgan fingerprint density at radius 3 is 2.81 bits per heavy atom. The Hall–Kier alpha value is -1.70. The third-order valence-electron chi connectivity index (χ3n) is 5.09. The van der Waals surface area contributed by atoms with Crippen LogP contribution in [0.5, 0.6) is 0 Å². The average molecular weight is 378 g/mol. The van der Waals surface area contributed by atoms with E-state index in [0.29, 0.717) is 44.3 Å². The first-order chi connectivity index (χ1) is 12.4. The summed E-state index contributed by atoms with van der Waals surface area (Å²) in [6.07, 6.45) is 3.60. The minimum absolute atomic E-state index is 0.116. The summed E-state index contributed by atoms with van der Waals surface area (Å²) >= 11 is 0. The fourth-order valence-electron chi connectivity index (χ4n) is 3.48. The number of methoxy groups -OCH3 is 1. The van der Waals surface area contributed by atoms with E-state index in [1.807, 2.05) is 13.0 Å². The van der Waals surface area contributed by atoms with E-state index >= 15 is 0 Å². The molecule has 0 aliphatic carbocycles. The fraction of sp³-hybridized carbons (Fsp3) is 0.526. The Labute approximate surface area is 155 Å². The third-order valence-corrected chi connectivity index (χ3v) is 6.95. The van der Waals surface area contributed by atoms with Crippen LogP contribution in [0.4, 0.5) is 0 Å². The number of hydrogen-bond donors (Lipinski definition) is 0. The molecule has 0 unspecified atom stereocenters. The number of carbonyl (C=O) groups excluding carboxylic acids is 1. The predicted octanol–water partition coefficient (Wildman–Crippen LogP) is 2.14. The van der Waals surface area contributed by atoms with Crippen molar-refractivity contribution in [3.8, 4) is 0 Å². The lowest BCUT2D eigenvalue weighted by Gasteiger charge is -2.25. The van der Waals surface area contributed by atoms with Gasteiger partial charge in [-0.15, -0.1) is 0 Å². The molecule has 0 N–H and O–H groups in total. The Bertz CT molecular complexity index is 804. The van der Waals surface area contributed by atoms with E-state index in [9.17, 15) is 13.2 Å². The van der Waals surface area contributed by atoms with E-state index in [0.717, 1.165) is 12.8 Å². The molecule has 0 radical (unpaired) electrons. The van der Waals surface area contributed by atoms with E-state index in [4.69, 9.17) is 4.74 Å². The monoisotopic (exact) mass is 378 g/mol. The second-order valence-corrected chi connectivity index (χ2v) is 8.99. The van der Waals surface area contributed by atoms with Crippen molar-refractivity contribution in [3.05, 3.63) is 41.5 Å². The molecule has 0 saturated carbocycles. The molecule has 26 heavy (non-hydrogen) atoms. The number of nitrogens with zero attached hydrogens (tertiary/aromatic N) is 2. The van der Waals surface area contributed by atoms with E-state index in [1.54, 1.807) is 30.2 Å². The number of hydrogen-bond acceptors (Lipinski definition) is 4. The number of sulfonamides is 1. The van der Waals surface area contributed by atoms with Crippen molar-refractivity contribution in [2.24, 2.45) is 5.92 Å². The summed E-state index contributed by atoms with van der Waals surface area (Å²) in [4.78, 5) is 14.7. The van der Waals surface area contributed by atoms with Crippen molar-refractivity contribution in [3.63, 3.8) is 0 Å². The predicted molar refractivity (Wildman–Crippen MR) is 99.5 cm³/mol. The zero-order valence-electron chi connectivity index (χ0n) is 15.3. The summed E-state index contributed by atoms with van der Waals surface area (Å²) in [5.74, 6) is 0.231.